The lowest BCUT2D eigenvalue weighted by Gasteiger charge is -2.07. The fourth-order valence-electron chi connectivity index (χ4n) is 1.50. The van der Waals surface area contributed by atoms with Crippen LogP contribution >= 0.6 is 31.9 Å². The van der Waals surface area contributed by atoms with Crippen molar-refractivity contribution >= 4 is 43.5 Å². The molecule has 0 saturated heterocycles. The Morgan fingerprint density at radius 2 is 1.79 bits per heavy atom. The van der Waals surface area contributed by atoms with Crippen molar-refractivity contribution in [2.24, 2.45) is 0 Å². The Labute approximate surface area is 127 Å². The van der Waals surface area contributed by atoms with Crippen molar-refractivity contribution < 1.29 is 4.79 Å². The van der Waals surface area contributed by atoms with Crippen LogP contribution in [-0.2, 0) is 0 Å². The molecule has 0 aliphatic carbocycles. The summed E-state index contributed by atoms with van der Waals surface area (Å²) in [6, 6.07) is 14.1. The second kappa shape index (κ2) is 6.00. The van der Waals surface area contributed by atoms with Gasteiger partial charge in [-0.05, 0) is 58.4 Å². The van der Waals surface area contributed by atoms with E-state index in [1.165, 1.54) is 0 Å². The molecule has 0 bridgehead atoms. The molecule has 2 aromatic rings. The van der Waals surface area contributed by atoms with E-state index in [-0.39, 0.29) is 5.91 Å². The lowest BCUT2D eigenvalue weighted by Crippen LogP contribution is -2.12. The first-order valence-corrected chi connectivity index (χ1v) is 6.95. The first kappa shape index (κ1) is 13.8. The second-order valence-electron chi connectivity index (χ2n) is 3.77. The number of nitriles is 1. The average Bonchev–Trinajstić information content (AvgIpc) is 2.39. The van der Waals surface area contributed by atoms with Crippen LogP contribution in [0, 0.1) is 11.3 Å². The Kier molecular flexibility index (Phi) is 4.35. The van der Waals surface area contributed by atoms with Gasteiger partial charge >= 0.3 is 0 Å². The zero-order valence-corrected chi connectivity index (χ0v) is 12.8. The number of nitrogens with zero attached hydrogens (tertiary/aromatic N) is 1. The molecular formula is C14H8Br2N2O. The molecule has 0 saturated carbocycles. The Morgan fingerprint density at radius 3 is 2.37 bits per heavy atom. The summed E-state index contributed by atoms with van der Waals surface area (Å²) < 4.78 is 1.61. The van der Waals surface area contributed by atoms with Gasteiger partial charge in [-0.3, -0.25) is 4.79 Å². The molecule has 19 heavy (non-hydrogen) atoms. The number of benzene rings is 2. The van der Waals surface area contributed by atoms with Crippen LogP contribution < -0.4 is 5.32 Å². The third kappa shape index (κ3) is 3.43. The van der Waals surface area contributed by atoms with Crippen LogP contribution in [0.1, 0.15) is 15.9 Å². The van der Waals surface area contributed by atoms with Crippen LogP contribution in [0.3, 0.4) is 0 Å². The fourth-order valence-corrected chi connectivity index (χ4v) is 2.73. The number of hydrogen-bond donors (Lipinski definition) is 1. The van der Waals surface area contributed by atoms with E-state index in [4.69, 9.17) is 5.26 Å². The standard InChI is InChI=1S/C14H8Br2N2O/c15-10-3-6-12(13(16)7-10)14(19)18-11-4-1-9(8-17)2-5-11/h1-7H,(H,18,19). The molecule has 0 atom stereocenters. The third-order valence-corrected chi connectivity index (χ3v) is 3.60. The minimum absolute atomic E-state index is 0.205. The first-order valence-electron chi connectivity index (χ1n) is 5.37. The lowest BCUT2D eigenvalue weighted by atomic mass is 10.2. The summed E-state index contributed by atoms with van der Waals surface area (Å²) in [6.07, 6.45) is 0. The van der Waals surface area contributed by atoms with Crippen molar-refractivity contribution in [2.75, 3.05) is 5.32 Å². The summed E-state index contributed by atoms with van der Waals surface area (Å²) in [5.74, 6) is -0.205. The molecule has 0 aliphatic heterocycles. The molecule has 1 amide bonds. The van der Waals surface area contributed by atoms with Gasteiger partial charge < -0.3 is 5.32 Å². The van der Waals surface area contributed by atoms with Gasteiger partial charge in [-0.1, -0.05) is 15.9 Å². The van der Waals surface area contributed by atoms with Crippen molar-refractivity contribution in [3.63, 3.8) is 0 Å². The van der Waals surface area contributed by atoms with Gasteiger partial charge in [-0.2, -0.15) is 5.26 Å². The molecule has 0 spiro atoms. The highest BCUT2D eigenvalue weighted by Gasteiger charge is 2.10. The van der Waals surface area contributed by atoms with E-state index in [1.54, 1.807) is 36.4 Å². The molecule has 0 heterocycles. The number of rotatable bonds is 2. The Balaban J connectivity index is 2.18. The average molecular weight is 380 g/mol. The van der Waals surface area contributed by atoms with Gasteiger partial charge in [0, 0.05) is 14.6 Å². The summed E-state index contributed by atoms with van der Waals surface area (Å²) in [5.41, 5.74) is 1.76. The predicted octanol–water partition coefficient (Wildman–Crippen LogP) is 4.34. The van der Waals surface area contributed by atoms with Crippen LogP contribution in [0.5, 0.6) is 0 Å². The molecule has 0 aromatic heterocycles. The number of carbonyl (C=O) groups excluding carboxylic acids is 1. The van der Waals surface area contributed by atoms with Crippen molar-refractivity contribution in [3.8, 4) is 6.07 Å². The molecule has 0 radical (unpaired) electrons. The van der Waals surface area contributed by atoms with Crippen molar-refractivity contribution in [1.29, 1.82) is 5.26 Å². The van der Waals surface area contributed by atoms with E-state index in [2.05, 4.69) is 37.2 Å². The molecule has 3 nitrogen and oxygen atoms in total. The van der Waals surface area contributed by atoms with Crippen molar-refractivity contribution in [3.05, 3.63) is 62.5 Å². The highest BCUT2D eigenvalue weighted by atomic mass is 79.9. The number of halogens is 2. The summed E-state index contributed by atoms with van der Waals surface area (Å²) >= 11 is 6.69. The smallest absolute Gasteiger partial charge is 0.256 e. The maximum absolute atomic E-state index is 12.1. The lowest BCUT2D eigenvalue weighted by molar-refractivity contribution is 0.102. The molecule has 0 unspecified atom stereocenters. The van der Waals surface area contributed by atoms with E-state index >= 15 is 0 Å². The van der Waals surface area contributed by atoms with Crippen LogP contribution in [0.4, 0.5) is 5.69 Å². The topological polar surface area (TPSA) is 52.9 Å². The molecular weight excluding hydrogens is 372 g/mol. The van der Waals surface area contributed by atoms with Crippen molar-refractivity contribution in [2.45, 2.75) is 0 Å². The molecule has 1 N–H and O–H groups in total. The number of hydrogen-bond acceptors (Lipinski definition) is 2. The number of carbonyl (C=O) groups is 1. The van der Waals surface area contributed by atoms with Gasteiger partial charge in [0.25, 0.3) is 5.91 Å². The van der Waals surface area contributed by atoms with Crippen LogP contribution in [0.2, 0.25) is 0 Å². The monoisotopic (exact) mass is 378 g/mol. The summed E-state index contributed by atoms with van der Waals surface area (Å²) in [4.78, 5) is 12.1. The quantitative estimate of drug-likeness (QED) is 0.843. The highest BCUT2D eigenvalue weighted by molar-refractivity contribution is 9.11. The van der Waals surface area contributed by atoms with Crippen LogP contribution in [-0.4, -0.2) is 5.91 Å². The Hall–Kier alpha value is -1.64. The van der Waals surface area contributed by atoms with E-state index in [9.17, 15) is 4.79 Å². The third-order valence-electron chi connectivity index (χ3n) is 2.45. The molecule has 2 rings (SSSR count). The van der Waals surface area contributed by atoms with Crippen LogP contribution in [0.15, 0.2) is 51.4 Å². The van der Waals surface area contributed by atoms with Gasteiger partial charge in [0.2, 0.25) is 0 Å². The second-order valence-corrected chi connectivity index (χ2v) is 5.54. The Bertz CT molecular complexity index is 660. The Morgan fingerprint density at radius 1 is 1.11 bits per heavy atom. The van der Waals surface area contributed by atoms with Gasteiger partial charge in [0.15, 0.2) is 0 Å². The fraction of sp³-hybridized carbons (Fsp3) is 0. The maximum Gasteiger partial charge on any atom is 0.256 e. The molecule has 94 valence electrons. The van der Waals surface area contributed by atoms with Crippen molar-refractivity contribution in [1.82, 2.24) is 0 Å². The number of anilines is 1. The van der Waals surface area contributed by atoms with E-state index in [1.807, 2.05) is 12.1 Å². The normalized spacial score (nSPS) is 9.74. The minimum Gasteiger partial charge on any atom is -0.322 e. The minimum atomic E-state index is -0.205. The predicted molar refractivity (Wildman–Crippen MR) is 81.0 cm³/mol. The zero-order chi connectivity index (χ0) is 13.8. The molecule has 2 aromatic carbocycles. The molecule has 5 heteroatoms. The van der Waals surface area contributed by atoms with Gasteiger partial charge in [-0.25, -0.2) is 0 Å². The van der Waals surface area contributed by atoms with Gasteiger partial charge in [0.05, 0.1) is 17.2 Å². The van der Waals surface area contributed by atoms with E-state index in [0.717, 1.165) is 4.47 Å². The van der Waals surface area contributed by atoms with Gasteiger partial charge in [0.1, 0.15) is 0 Å². The number of amides is 1. The van der Waals surface area contributed by atoms with E-state index < -0.39 is 0 Å². The molecule has 0 fully saturated rings. The zero-order valence-electron chi connectivity index (χ0n) is 9.65. The van der Waals surface area contributed by atoms with Crippen LogP contribution in [0.25, 0.3) is 0 Å². The summed E-state index contributed by atoms with van der Waals surface area (Å²) in [7, 11) is 0. The van der Waals surface area contributed by atoms with Gasteiger partial charge in [-0.15, -0.1) is 0 Å². The first-order chi connectivity index (χ1) is 9.10. The largest absolute Gasteiger partial charge is 0.322 e. The molecule has 0 aliphatic rings. The summed E-state index contributed by atoms with van der Waals surface area (Å²) in [5, 5.41) is 11.5. The number of nitrogens with one attached hydrogen (secondary N) is 1. The maximum atomic E-state index is 12.1. The highest BCUT2D eigenvalue weighted by Crippen LogP contribution is 2.23. The SMILES string of the molecule is N#Cc1ccc(NC(=O)c2ccc(Br)cc2Br)cc1. The summed E-state index contributed by atoms with van der Waals surface area (Å²) in [6.45, 7) is 0. The van der Waals surface area contributed by atoms with E-state index in [0.29, 0.717) is 21.3 Å².